The maximum absolute atomic E-state index is 8.83. The van der Waals surface area contributed by atoms with Crippen LogP contribution >= 0.6 is 0 Å². The van der Waals surface area contributed by atoms with Crippen LogP contribution in [0.2, 0.25) is 0 Å². The van der Waals surface area contributed by atoms with E-state index in [9.17, 15) is 0 Å². The average Bonchev–Trinajstić information content (AvgIpc) is 3.23. The number of hydrogen-bond donors (Lipinski definition) is 0. The molecule has 174 valence electrons. The van der Waals surface area contributed by atoms with Crippen molar-refractivity contribution < 1.29 is 11.7 Å². The second-order valence-corrected chi connectivity index (χ2v) is 10.2. The Morgan fingerprint density at radius 1 is 0.886 bits per heavy atom. The Morgan fingerprint density at radius 3 is 2.20 bits per heavy atom. The molecule has 0 unspecified atom stereocenters. The standard InChI is InChI=1S/C32H31N2O/c1-20-13-15-24-25-16-17-26(33-6)29(22-11-9-8-10-12-22)31(25)35-30(24)28(20)27-18-14-23(19-32(3,4)5)21(2)34(27)7/h8-18H,19H2,1-5,7H3/q+1/i19D2. The molecule has 0 spiro atoms. The van der Waals surface area contributed by atoms with Crippen molar-refractivity contribution in [3.63, 3.8) is 0 Å². The van der Waals surface area contributed by atoms with Crippen LogP contribution in [0, 0.1) is 25.8 Å². The molecule has 2 heterocycles. The Labute approximate surface area is 210 Å². The molecule has 3 aromatic carbocycles. The summed E-state index contributed by atoms with van der Waals surface area (Å²) in [5, 5.41) is 1.97. The summed E-state index contributed by atoms with van der Waals surface area (Å²) < 4.78 is 26.4. The normalized spacial score (nSPS) is 13.1. The Kier molecular flexibility index (Phi) is 4.91. The molecule has 0 aliphatic rings. The largest absolute Gasteiger partial charge is 0.456 e. The Morgan fingerprint density at radius 2 is 1.54 bits per heavy atom. The van der Waals surface area contributed by atoms with Gasteiger partial charge in [0.1, 0.15) is 18.2 Å². The molecular weight excluding hydrogens is 428 g/mol. The van der Waals surface area contributed by atoms with Crippen molar-refractivity contribution in [1.82, 2.24) is 0 Å². The third kappa shape index (κ3) is 3.90. The predicted octanol–water partition coefficient (Wildman–Crippen LogP) is 8.50. The number of rotatable bonds is 3. The van der Waals surface area contributed by atoms with Gasteiger partial charge in [-0.15, -0.1) is 0 Å². The van der Waals surface area contributed by atoms with E-state index in [1.165, 1.54) is 0 Å². The molecule has 5 rings (SSSR count). The molecule has 0 saturated heterocycles. The van der Waals surface area contributed by atoms with E-state index in [4.69, 9.17) is 13.7 Å². The highest BCUT2D eigenvalue weighted by atomic mass is 16.3. The van der Waals surface area contributed by atoms with Crippen molar-refractivity contribution in [2.45, 2.75) is 41.0 Å². The summed E-state index contributed by atoms with van der Waals surface area (Å²) >= 11 is 0. The van der Waals surface area contributed by atoms with Gasteiger partial charge in [0.25, 0.3) is 0 Å². The minimum absolute atomic E-state index is 0.546. The molecule has 3 heteroatoms. The molecule has 2 aromatic heterocycles. The summed E-state index contributed by atoms with van der Waals surface area (Å²) in [6.45, 7) is 17.6. The highest BCUT2D eigenvalue weighted by molar-refractivity contribution is 6.15. The topological polar surface area (TPSA) is 21.4 Å². The van der Waals surface area contributed by atoms with Crippen LogP contribution in [-0.4, -0.2) is 0 Å². The first-order valence-electron chi connectivity index (χ1n) is 12.9. The number of aryl methyl sites for hydroxylation is 1. The van der Waals surface area contributed by atoms with E-state index < -0.39 is 11.8 Å². The summed E-state index contributed by atoms with van der Waals surface area (Å²) in [6.07, 6.45) is -1.49. The fourth-order valence-electron chi connectivity index (χ4n) is 4.83. The second-order valence-electron chi connectivity index (χ2n) is 10.2. The number of benzene rings is 3. The molecule has 0 aliphatic heterocycles. The zero-order valence-electron chi connectivity index (χ0n) is 23.2. The van der Waals surface area contributed by atoms with Gasteiger partial charge in [0.15, 0.2) is 11.4 Å². The van der Waals surface area contributed by atoms with Crippen LogP contribution in [0.3, 0.4) is 0 Å². The van der Waals surface area contributed by atoms with E-state index in [-0.39, 0.29) is 0 Å². The van der Waals surface area contributed by atoms with E-state index in [1.54, 1.807) is 0 Å². The SMILES string of the molecule is [2H]C([2H])(c1ccc(-c2c(C)ccc3c2oc2c(-c4ccccc4)c([N+]#[C-])ccc23)[n+](C)c1C)C(C)(C)C. The summed E-state index contributed by atoms with van der Waals surface area (Å²) in [7, 11) is 1.99. The molecular formula is C32H31N2O+. The number of furan rings is 1. The highest BCUT2D eigenvalue weighted by Gasteiger charge is 2.25. The van der Waals surface area contributed by atoms with Crippen molar-refractivity contribution in [2.24, 2.45) is 12.5 Å². The second kappa shape index (κ2) is 8.40. The summed E-state index contributed by atoms with van der Waals surface area (Å²) in [6, 6.07) is 21.9. The first kappa shape index (κ1) is 20.5. The molecule has 0 amide bonds. The number of aromatic nitrogens is 1. The minimum atomic E-state index is -1.49. The third-order valence-corrected chi connectivity index (χ3v) is 6.61. The fourth-order valence-corrected chi connectivity index (χ4v) is 4.83. The quantitative estimate of drug-likeness (QED) is 0.195. The van der Waals surface area contributed by atoms with Crippen molar-refractivity contribution in [3.05, 3.63) is 95.0 Å². The van der Waals surface area contributed by atoms with Gasteiger partial charge in [0.05, 0.1) is 12.1 Å². The van der Waals surface area contributed by atoms with Crippen molar-refractivity contribution in [3.8, 4) is 22.4 Å². The molecule has 3 nitrogen and oxygen atoms in total. The molecule has 0 fully saturated rings. The van der Waals surface area contributed by atoms with E-state index in [1.807, 2.05) is 89.3 Å². The van der Waals surface area contributed by atoms with Crippen LogP contribution < -0.4 is 4.57 Å². The van der Waals surface area contributed by atoms with Crippen LogP contribution in [0.15, 0.2) is 71.1 Å². The van der Waals surface area contributed by atoms with Crippen LogP contribution in [0.1, 0.15) is 40.3 Å². The van der Waals surface area contributed by atoms with Gasteiger partial charge in [-0.05, 0) is 35.9 Å². The molecule has 0 saturated carbocycles. The van der Waals surface area contributed by atoms with Crippen molar-refractivity contribution in [2.75, 3.05) is 0 Å². The van der Waals surface area contributed by atoms with Crippen LogP contribution in [0.25, 0.3) is 49.2 Å². The lowest BCUT2D eigenvalue weighted by molar-refractivity contribution is -0.667. The molecule has 0 aliphatic carbocycles. The number of pyridine rings is 1. The van der Waals surface area contributed by atoms with E-state index >= 15 is 0 Å². The number of nitrogens with zero attached hydrogens (tertiary/aromatic N) is 2. The summed E-state index contributed by atoms with van der Waals surface area (Å²) in [4.78, 5) is 3.79. The zero-order valence-corrected chi connectivity index (χ0v) is 21.2. The Hall–Kier alpha value is -3.90. The van der Waals surface area contributed by atoms with Gasteiger partial charge in [-0.25, -0.2) is 4.85 Å². The van der Waals surface area contributed by atoms with Gasteiger partial charge in [-0.1, -0.05) is 75.4 Å². The predicted molar refractivity (Wildman–Crippen MR) is 145 cm³/mol. The monoisotopic (exact) mass is 461 g/mol. The molecule has 35 heavy (non-hydrogen) atoms. The Bertz CT molecular complexity index is 1720. The van der Waals surface area contributed by atoms with Crippen molar-refractivity contribution in [1.29, 1.82) is 0 Å². The smallest absolute Gasteiger partial charge is 0.216 e. The van der Waals surface area contributed by atoms with Gasteiger partial charge < -0.3 is 4.42 Å². The maximum Gasteiger partial charge on any atom is 0.216 e. The van der Waals surface area contributed by atoms with Gasteiger partial charge in [0.2, 0.25) is 5.69 Å². The van der Waals surface area contributed by atoms with Gasteiger partial charge in [-0.2, -0.15) is 4.57 Å². The van der Waals surface area contributed by atoms with Gasteiger partial charge in [0, 0.05) is 37.6 Å². The number of hydrogen-bond acceptors (Lipinski definition) is 1. The molecule has 0 radical (unpaired) electrons. The minimum Gasteiger partial charge on any atom is -0.456 e. The van der Waals surface area contributed by atoms with Crippen molar-refractivity contribution >= 4 is 27.6 Å². The summed E-state index contributed by atoms with van der Waals surface area (Å²) in [5.74, 6) is 0. The maximum atomic E-state index is 8.83. The van der Waals surface area contributed by atoms with Crippen LogP contribution in [0.5, 0.6) is 0 Å². The lowest BCUT2D eigenvalue weighted by Gasteiger charge is -2.19. The molecule has 0 N–H and O–H groups in total. The first-order chi connectivity index (χ1) is 17.5. The zero-order chi connectivity index (χ0) is 26.7. The fraction of sp³-hybridized carbons (Fsp3) is 0.250. The molecule has 0 bridgehead atoms. The van der Waals surface area contributed by atoms with Crippen LogP contribution in [0.4, 0.5) is 5.69 Å². The molecule has 0 atom stereocenters. The Balaban J connectivity index is 1.82. The molecule has 5 aromatic rings. The van der Waals surface area contributed by atoms with E-state index in [2.05, 4.69) is 28.5 Å². The van der Waals surface area contributed by atoms with Crippen LogP contribution in [-0.2, 0) is 13.4 Å². The highest BCUT2D eigenvalue weighted by Crippen LogP contribution is 2.44. The summed E-state index contributed by atoms with van der Waals surface area (Å²) in [5.41, 5.74) is 7.83. The van der Waals surface area contributed by atoms with E-state index in [0.29, 0.717) is 16.8 Å². The lowest BCUT2D eigenvalue weighted by atomic mass is 9.87. The lowest BCUT2D eigenvalue weighted by Crippen LogP contribution is -2.36. The first-order valence-corrected chi connectivity index (χ1v) is 11.9. The van der Waals surface area contributed by atoms with Gasteiger partial charge >= 0.3 is 0 Å². The number of fused-ring (bicyclic) bond motifs is 3. The van der Waals surface area contributed by atoms with E-state index in [0.717, 1.165) is 50.0 Å². The third-order valence-electron chi connectivity index (χ3n) is 6.61. The van der Waals surface area contributed by atoms with Gasteiger partial charge in [-0.3, -0.25) is 0 Å². The average molecular weight is 462 g/mol.